The van der Waals surface area contributed by atoms with Gasteiger partial charge in [-0.3, -0.25) is 0 Å². The van der Waals surface area contributed by atoms with Gasteiger partial charge >= 0.3 is 0 Å². The van der Waals surface area contributed by atoms with E-state index in [2.05, 4.69) is 75.4 Å². The Morgan fingerprint density at radius 1 is 0.571 bits per heavy atom. The van der Waals surface area contributed by atoms with E-state index in [0.717, 1.165) is 54.6 Å². The van der Waals surface area contributed by atoms with Crippen LogP contribution in [-0.2, 0) is 5.41 Å². The van der Waals surface area contributed by atoms with Gasteiger partial charge in [0.05, 0.1) is 5.39 Å². The first-order chi connectivity index (χ1) is 13.5. The van der Waals surface area contributed by atoms with Crippen molar-refractivity contribution >= 4 is 54.6 Å². The Bertz CT molecular complexity index is 1540. The Hall–Kier alpha value is -3.26. The minimum Gasteiger partial charge on any atom is -0.455 e. The normalized spacial score (nSPS) is 12.8. The van der Waals surface area contributed by atoms with Crippen LogP contribution in [0.5, 0.6) is 0 Å². The quantitative estimate of drug-likeness (QED) is 0.273. The first-order valence-electron chi connectivity index (χ1n) is 9.71. The maximum Gasteiger partial charge on any atom is 0.147 e. The smallest absolute Gasteiger partial charge is 0.147 e. The average Bonchev–Trinajstić information content (AvgIpc) is 3.24. The third kappa shape index (κ3) is 1.98. The summed E-state index contributed by atoms with van der Waals surface area (Å²) >= 11 is 0. The van der Waals surface area contributed by atoms with Crippen molar-refractivity contribution < 1.29 is 8.83 Å². The van der Waals surface area contributed by atoms with Crippen molar-refractivity contribution in [3.8, 4) is 0 Å². The fourth-order valence-electron chi connectivity index (χ4n) is 4.43. The molecule has 2 heterocycles. The lowest BCUT2D eigenvalue weighted by Crippen LogP contribution is -2.10. The van der Waals surface area contributed by atoms with Crippen LogP contribution < -0.4 is 0 Å². The molecule has 0 saturated carbocycles. The number of rotatable bonds is 0. The molecular weight excluding hydrogens is 344 g/mol. The summed E-state index contributed by atoms with van der Waals surface area (Å²) in [6, 6.07) is 23.3. The molecule has 0 unspecified atom stereocenters. The minimum absolute atomic E-state index is 0.0118. The number of hydrogen-bond donors (Lipinski definition) is 0. The van der Waals surface area contributed by atoms with Crippen LogP contribution in [0, 0.1) is 0 Å². The predicted molar refractivity (Wildman–Crippen MR) is 117 cm³/mol. The lowest BCUT2D eigenvalue weighted by molar-refractivity contribution is 0.573. The molecule has 0 N–H and O–H groups in total. The monoisotopic (exact) mass is 364 g/mol. The number of benzene rings is 4. The third-order valence-electron chi connectivity index (χ3n) is 5.80. The van der Waals surface area contributed by atoms with Crippen LogP contribution in [0.3, 0.4) is 0 Å². The van der Waals surface area contributed by atoms with Crippen molar-refractivity contribution in [1.82, 2.24) is 0 Å². The van der Waals surface area contributed by atoms with Gasteiger partial charge in [-0.1, -0.05) is 69.3 Å². The van der Waals surface area contributed by atoms with Crippen LogP contribution in [0.15, 0.2) is 75.6 Å². The molecule has 0 atom stereocenters. The zero-order valence-electron chi connectivity index (χ0n) is 16.2. The molecule has 2 heteroatoms. The van der Waals surface area contributed by atoms with Gasteiger partial charge in [-0.2, -0.15) is 0 Å². The molecule has 6 rings (SSSR count). The van der Waals surface area contributed by atoms with Crippen molar-refractivity contribution in [1.29, 1.82) is 0 Å². The van der Waals surface area contributed by atoms with Crippen LogP contribution in [0.2, 0.25) is 0 Å². The molecule has 0 spiro atoms. The Balaban J connectivity index is 1.86. The van der Waals surface area contributed by atoms with E-state index in [4.69, 9.17) is 8.83 Å². The summed E-state index contributed by atoms with van der Waals surface area (Å²) in [5.41, 5.74) is 4.94. The van der Waals surface area contributed by atoms with Crippen LogP contribution in [0.25, 0.3) is 54.6 Å². The van der Waals surface area contributed by atoms with Gasteiger partial charge < -0.3 is 8.83 Å². The van der Waals surface area contributed by atoms with Crippen LogP contribution in [0.4, 0.5) is 0 Å². The highest BCUT2D eigenvalue weighted by Crippen LogP contribution is 2.42. The summed E-state index contributed by atoms with van der Waals surface area (Å²) in [5, 5.41) is 6.77. The molecule has 0 aliphatic rings. The number of hydrogen-bond acceptors (Lipinski definition) is 2. The summed E-state index contributed by atoms with van der Waals surface area (Å²) in [7, 11) is 0. The van der Waals surface area contributed by atoms with Crippen molar-refractivity contribution in [2.75, 3.05) is 0 Å². The molecule has 6 aromatic rings. The Labute approximate surface area is 162 Å². The second kappa shape index (κ2) is 5.17. The molecule has 136 valence electrons. The molecule has 0 saturated heterocycles. The van der Waals surface area contributed by atoms with Crippen LogP contribution >= 0.6 is 0 Å². The van der Waals surface area contributed by atoms with Gasteiger partial charge in [0.25, 0.3) is 0 Å². The maximum absolute atomic E-state index is 6.57. The van der Waals surface area contributed by atoms with E-state index in [1.54, 1.807) is 0 Å². The Morgan fingerprint density at radius 2 is 1.21 bits per heavy atom. The van der Waals surface area contributed by atoms with E-state index in [9.17, 15) is 0 Å². The van der Waals surface area contributed by atoms with Crippen LogP contribution in [-0.4, -0.2) is 0 Å². The van der Waals surface area contributed by atoms with Gasteiger partial charge in [0.2, 0.25) is 0 Å². The molecule has 0 bridgehead atoms. The topological polar surface area (TPSA) is 26.3 Å². The predicted octanol–water partition coefficient (Wildman–Crippen LogP) is 7.94. The lowest BCUT2D eigenvalue weighted by atomic mass is 9.86. The van der Waals surface area contributed by atoms with Gasteiger partial charge in [-0.05, 0) is 29.0 Å². The molecule has 2 aromatic heterocycles. The molecule has 4 aromatic carbocycles. The highest BCUT2D eigenvalue weighted by atomic mass is 16.3. The lowest BCUT2D eigenvalue weighted by Gasteiger charge is -2.18. The van der Waals surface area contributed by atoms with E-state index in [-0.39, 0.29) is 5.41 Å². The fourth-order valence-corrected chi connectivity index (χ4v) is 4.43. The van der Waals surface area contributed by atoms with E-state index in [1.165, 1.54) is 5.56 Å². The van der Waals surface area contributed by atoms with Gasteiger partial charge in [0, 0.05) is 27.1 Å². The Morgan fingerprint density at radius 3 is 2.00 bits per heavy atom. The summed E-state index contributed by atoms with van der Waals surface area (Å²) in [6.07, 6.45) is 0. The van der Waals surface area contributed by atoms with Gasteiger partial charge in [0.1, 0.15) is 22.3 Å². The molecule has 0 aliphatic carbocycles. The molecule has 28 heavy (non-hydrogen) atoms. The van der Waals surface area contributed by atoms with Crippen molar-refractivity contribution in [2.24, 2.45) is 0 Å². The highest BCUT2D eigenvalue weighted by Gasteiger charge is 2.22. The van der Waals surface area contributed by atoms with Gasteiger partial charge in [0.15, 0.2) is 0 Å². The summed E-state index contributed by atoms with van der Waals surface area (Å²) in [4.78, 5) is 0. The SMILES string of the molecule is CC(C)(C)c1cccc2c1oc1c2ccc2ccc3c4ccccc4oc3c21. The molecule has 0 amide bonds. The van der Waals surface area contributed by atoms with E-state index < -0.39 is 0 Å². The fraction of sp³-hybridized carbons (Fsp3) is 0.154. The summed E-state index contributed by atoms with van der Waals surface area (Å²) < 4.78 is 12.9. The van der Waals surface area contributed by atoms with Gasteiger partial charge in [-0.25, -0.2) is 0 Å². The van der Waals surface area contributed by atoms with Crippen molar-refractivity contribution in [3.63, 3.8) is 0 Å². The molecule has 0 fully saturated rings. The zero-order chi connectivity index (χ0) is 19.0. The van der Waals surface area contributed by atoms with E-state index in [1.807, 2.05) is 12.1 Å². The van der Waals surface area contributed by atoms with Crippen molar-refractivity contribution in [3.05, 3.63) is 72.3 Å². The number of fused-ring (bicyclic) bond motifs is 9. The zero-order valence-corrected chi connectivity index (χ0v) is 16.2. The van der Waals surface area contributed by atoms with Gasteiger partial charge in [-0.15, -0.1) is 0 Å². The first-order valence-corrected chi connectivity index (χ1v) is 9.71. The largest absolute Gasteiger partial charge is 0.455 e. The Kier molecular flexibility index (Phi) is 2.91. The number of para-hydroxylation sites is 2. The third-order valence-corrected chi connectivity index (χ3v) is 5.80. The minimum atomic E-state index is 0.0118. The molecule has 0 aliphatic heterocycles. The standard InChI is InChI=1S/C26H20O2/c1-26(2,3)20-9-6-8-17-19-14-12-15-11-13-18-16-7-4-5-10-21(16)27-24(18)22(15)25(19)28-23(17)20/h4-14H,1-3H3. The second-order valence-electron chi connectivity index (χ2n) is 8.62. The molecule has 2 nitrogen and oxygen atoms in total. The second-order valence-corrected chi connectivity index (χ2v) is 8.62. The highest BCUT2D eigenvalue weighted by molar-refractivity contribution is 6.25. The van der Waals surface area contributed by atoms with Crippen LogP contribution in [0.1, 0.15) is 26.3 Å². The molecular formula is C26H20O2. The maximum atomic E-state index is 6.57. The molecule has 0 radical (unpaired) electrons. The average molecular weight is 364 g/mol. The summed E-state index contributed by atoms with van der Waals surface area (Å²) in [6.45, 7) is 6.68. The van der Waals surface area contributed by atoms with E-state index >= 15 is 0 Å². The van der Waals surface area contributed by atoms with E-state index in [0.29, 0.717) is 0 Å². The first kappa shape index (κ1) is 15.8. The van der Waals surface area contributed by atoms with Crippen molar-refractivity contribution in [2.45, 2.75) is 26.2 Å². The summed E-state index contributed by atoms with van der Waals surface area (Å²) in [5.74, 6) is 0. The number of furan rings is 2.